The molecule has 0 aliphatic heterocycles. The van der Waals surface area contributed by atoms with Gasteiger partial charge in [0.1, 0.15) is 12.4 Å². The van der Waals surface area contributed by atoms with Gasteiger partial charge in [0.25, 0.3) is 0 Å². The van der Waals surface area contributed by atoms with E-state index >= 15 is 0 Å². The highest BCUT2D eigenvalue weighted by molar-refractivity contribution is 5.47. The minimum Gasteiger partial charge on any atom is -0.489 e. The van der Waals surface area contributed by atoms with Gasteiger partial charge >= 0.3 is 0 Å². The number of benzene rings is 2. The third kappa shape index (κ3) is 2.78. The molecule has 0 radical (unpaired) electrons. The van der Waals surface area contributed by atoms with Crippen molar-refractivity contribution >= 4 is 5.69 Å². The number of hydrogen-bond acceptors (Lipinski definition) is 2. The van der Waals surface area contributed by atoms with Gasteiger partial charge in [0, 0.05) is 5.69 Å². The van der Waals surface area contributed by atoms with Crippen LogP contribution >= 0.6 is 0 Å². The molecule has 0 saturated carbocycles. The Kier molecular flexibility index (Phi) is 3.33. The maximum atomic E-state index is 5.80. The van der Waals surface area contributed by atoms with Crippen molar-refractivity contribution in [2.24, 2.45) is 0 Å². The fraction of sp³-hybridized carbons (Fsp3) is 0.200. The quantitative estimate of drug-likeness (QED) is 0.815. The molecule has 0 aliphatic rings. The second-order valence-corrected chi connectivity index (χ2v) is 4.24. The fourth-order valence-corrected chi connectivity index (χ4v) is 1.76. The molecular weight excluding hydrogens is 210 g/mol. The average molecular weight is 227 g/mol. The van der Waals surface area contributed by atoms with Crippen LogP contribution in [0.3, 0.4) is 0 Å². The van der Waals surface area contributed by atoms with Crippen molar-refractivity contribution in [2.45, 2.75) is 20.5 Å². The Balaban J connectivity index is 2.10. The first-order valence-corrected chi connectivity index (χ1v) is 5.70. The van der Waals surface area contributed by atoms with Crippen molar-refractivity contribution in [3.63, 3.8) is 0 Å². The second kappa shape index (κ2) is 4.91. The van der Waals surface area contributed by atoms with E-state index in [4.69, 9.17) is 10.5 Å². The molecule has 88 valence electrons. The fourth-order valence-electron chi connectivity index (χ4n) is 1.76. The van der Waals surface area contributed by atoms with Crippen LogP contribution in [0.25, 0.3) is 0 Å². The molecule has 0 atom stereocenters. The summed E-state index contributed by atoms with van der Waals surface area (Å²) >= 11 is 0. The predicted octanol–water partition coefficient (Wildman–Crippen LogP) is 3.46. The van der Waals surface area contributed by atoms with Crippen molar-refractivity contribution in [1.82, 2.24) is 0 Å². The van der Waals surface area contributed by atoms with Crippen LogP contribution in [0.5, 0.6) is 5.75 Å². The number of nitrogens with two attached hydrogens (primary N) is 1. The van der Waals surface area contributed by atoms with E-state index in [9.17, 15) is 0 Å². The Morgan fingerprint density at radius 3 is 2.47 bits per heavy atom. The maximum Gasteiger partial charge on any atom is 0.122 e. The van der Waals surface area contributed by atoms with E-state index in [1.165, 1.54) is 11.1 Å². The Labute approximate surface area is 102 Å². The van der Waals surface area contributed by atoms with Crippen LogP contribution in [0, 0.1) is 13.8 Å². The van der Waals surface area contributed by atoms with Gasteiger partial charge in [0.05, 0.1) is 0 Å². The molecular formula is C15H17NO. The van der Waals surface area contributed by atoms with Gasteiger partial charge in [0.15, 0.2) is 0 Å². The molecule has 2 nitrogen and oxygen atoms in total. The number of ether oxygens (including phenoxy) is 1. The van der Waals surface area contributed by atoms with Crippen molar-refractivity contribution in [3.8, 4) is 5.75 Å². The summed E-state index contributed by atoms with van der Waals surface area (Å²) in [5, 5.41) is 0. The molecule has 2 aromatic rings. The Morgan fingerprint density at radius 1 is 1.00 bits per heavy atom. The molecule has 0 aromatic heterocycles. The number of hydrogen-bond donors (Lipinski definition) is 1. The topological polar surface area (TPSA) is 35.2 Å². The largest absolute Gasteiger partial charge is 0.489 e. The van der Waals surface area contributed by atoms with E-state index in [0.717, 1.165) is 17.0 Å². The Bertz CT molecular complexity index is 520. The zero-order valence-electron chi connectivity index (χ0n) is 10.2. The highest BCUT2D eigenvalue weighted by Crippen LogP contribution is 2.21. The molecule has 0 fully saturated rings. The first-order chi connectivity index (χ1) is 8.16. The van der Waals surface area contributed by atoms with Crippen molar-refractivity contribution in [1.29, 1.82) is 0 Å². The molecule has 2 N–H and O–H groups in total. The smallest absolute Gasteiger partial charge is 0.122 e. The summed E-state index contributed by atoms with van der Waals surface area (Å²) in [6.07, 6.45) is 0. The van der Waals surface area contributed by atoms with Gasteiger partial charge in [-0.1, -0.05) is 24.3 Å². The zero-order chi connectivity index (χ0) is 12.3. The minimum atomic E-state index is 0.595. The van der Waals surface area contributed by atoms with Crippen LogP contribution < -0.4 is 10.5 Å². The lowest BCUT2D eigenvalue weighted by atomic mass is 10.1. The molecule has 0 saturated heterocycles. The van der Waals surface area contributed by atoms with Crippen LogP contribution in [-0.2, 0) is 6.61 Å². The summed E-state index contributed by atoms with van der Waals surface area (Å²) in [6.45, 7) is 4.69. The van der Waals surface area contributed by atoms with Gasteiger partial charge in [-0.25, -0.2) is 0 Å². The molecule has 0 spiro atoms. The summed E-state index contributed by atoms with van der Waals surface area (Å²) in [4.78, 5) is 0. The summed E-state index contributed by atoms with van der Waals surface area (Å²) in [5.41, 5.74) is 10.0. The van der Waals surface area contributed by atoms with E-state index < -0.39 is 0 Å². The van der Waals surface area contributed by atoms with Gasteiger partial charge in [-0.15, -0.1) is 0 Å². The van der Waals surface area contributed by atoms with Crippen LogP contribution in [0.2, 0.25) is 0 Å². The number of anilines is 1. The lowest BCUT2D eigenvalue weighted by molar-refractivity contribution is 0.303. The van der Waals surface area contributed by atoms with Gasteiger partial charge in [-0.2, -0.15) is 0 Å². The lowest BCUT2D eigenvalue weighted by Crippen LogP contribution is -1.99. The van der Waals surface area contributed by atoms with Gasteiger partial charge < -0.3 is 10.5 Å². The number of rotatable bonds is 3. The van der Waals surface area contributed by atoms with E-state index in [-0.39, 0.29) is 0 Å². The Morgan fingerprint density at radius 2 is 1.76 bits per heavy atom. The summed E-state index contributed by atoms with van der Waals surface area (Å²) in [5.74, 6) is 0.891. The molecule has 0 unspecified atom stereocenters. The predicted molar refractivity (Wildman–Crippen MR) is 71.1 cm³/mol. The summed E-state index contributed by atoms with van der Waals surface area (Å²) < 4.78 is 5.80. The molecule has 0 bridgehead atoms. The molecule has 17 heavy (non-hydrogen) atoms. The monoisotopic (exact) mass is 227 g/mol. The van der Waals surface area contributed by atoms with Crippen LogP contribution in [0.15, 0.2) is 42.5 Å². The molecule has 2 heteroatoms. The van der Waals surface area contributed by atoms with E-state index in [0.29, 0.717) is 6.61 Å². The third-order valence-corrected chi connectivity index (χ3v) is 2.84. The molecule has 2 aromatic carbocycles. The molecule has 0 aliphatic carbocycles. The van der Waals surface area contributed by atoms with Crippen molar-refractivity contribution < 1.29 is 4.74 Å². The first kappa shape index (κ1) is 11.5. The second-order valence-electron chi connectivity index (χ2n) is 4.24. The van der Waals surface area contributed by atoms with Crippen LogP contribution in [0.1, 0.15) is 16.7 Å². The molecule has 0 heterocycles. The van der Waals surface area contributed by atoms with Gasteiger partial charge in [-0.05, 0) is 48.7 Å². The minimum absolute atomic E-state index is 0.595. The van der Waals surface area contributed by atoms with Gasteiger partial charge in [0.2, 0.25) is 0 Å². The normalized spacial score (nSPS) is 10.2. The number of nitrogen functional groups attached to an aromatic ring is 1. The molecule has 0 amide bonds. The lowest BCUT2D eigenvalue weighted by Gasteiger charge is -2.11. The third-order valence-electron chi connectivity index (χ3n) is 2.84. The number of aryl methyl sites for hydroxylation is 2. The van der Waals surface area contributed by atoms with Gasteiger partial charge in [-0.3, -0.25) is 0 Å². The maximum absolute atomic E-state index is 5.80. The van der Waals surface area contributed by atoms with Crippen LogP contribution in [-0.4, -0.2) is 0 Å². The van der Waals surface area contributed by atoms with Crippen LogP contribution in [0.4, 0.5) is 5.69 Å². The zero-order valence-corrected chi connectivity index (χ0v) is 10.2. The molecule has 2 rings (SSSR count). The highest BCUT2D eigenvalue weighted by Gasteiger charge is 2.02. The Hall–Kier alpha value is -1.96. The summed E-state index contributed by atoms with van der Waals surface area (Å²) in [7, 11) is 0. The summed E-state index contributed by atoms with van der Waals surface area (Å²) in [6, 6.07) is 13.9. The van der Waals surface area contributed by atoms with E-state index in [1.807, 2.05) is 37.3 Å². The van der Waals surface area contributed by atoms with E-state index in [1.54, 1.807) is 0 Å². The first-order valence-electron chi connectivity index (χ1n) is 5.70. The van der Waals surface area contributed by atoms with Crippen molar-refractivity contribution in [2.75, 3.05) is 5.73 Å². The average Bonchev–Trinajstić information content (AvgIpc) is 2.30. The highest BCUT2D eigenvalue weighted by atomic mass is 16.5. The van der Waals surface area contributed by atoms with Crippen molar-refractivity contribution in [3.05, 3.63) is 59.2 Å². The standard InChI is InChI=1S/C15H17NO/c1-11-5-3-4-6-13(11)10-17-15-8-7-14(16)9-12(15)2/h3-9H,10,16H2,1-2H3. The van der Waals surface area contributed by atoms with E-state index in [2.05, 4.69) is 19.1 Å². The SMILES string of the molecule is Cc1ccccc1COc1ccc(N)cc1C.